The Morgan fingerprint density at radius 1 is 1.17 bits per heavy atom. The van der Waals surface area contributed by atoms with Gasteiger partial charge in [0.2, 0.25) is 0 Å². The molecule has 0 fully saturated rings. The fourth-order valence-corrected chi connectivity index (χ4v) is 3.17. The quantitative estimate of drug-likeness (QED) is 0.598. The summed E-state index contributed by atoms with van der Waals surface area (Å²) in [5, 5.41) is 0. The molecule has 3 aromatic rings. The Morgan fingerprint density at radius 3 is 2.92 bits per heavy atom. The lowest BCUT2D eigenvalue weighted by atomic mass is 9.75. The average Bonchev–Trinajstić information content (AvgIpc) is 3.01. The van der Waals surface area contributed by atoms with Crippen molar-refractivity contribution in [3.8, 4) is 11.8 Å². The summed E-state index contributed by atoms with van der Waals surface area (Å²) >= 11 is 0. The third-order valence-electron chi connectivity index (χ3n) is 4.32. The molecule has 0 unspecified atom stereocenters. The summed E-state index contributed by atoms with van der Waals surface area (Å²) in [5.41, 5.74) is 4.04. The number of pyridine rings is 2. The van der Waals surface area contributed by atoms with Crippen LogP contribution in [-0.2, 0) is 6.42 Å². The van der Waals surface area contributed by atoms with Crippen molar-refractivity contribution in [2.24, 2.45) is 5.41 Å². The smallest absolute Gasteiger partial charge is 0.165 e. The Kier molecular flexibility index (Phi) is 3.24. The Hall–Kier alpha value is -2.93. The van der Waals surface area contributed by atoms with E-state index in [1.807, 2.05) is 35.0 Å². The van der Waals surface area contributed by atoms with Crippen LogP contribution in [0.25, 0.3) is 5.65 Å². The minimum absolute atomic E-state index is 0.0133. The van der Waals surface area contributed by atoms with Crippen molar-refractivity contribution in [3.63, 3.8) is 0 Å². The van der Waals surface area contributed by atoms with Crippen molar-refractivity contribution >= 4 is 11.4 Å². The van der Waals surface area contributed by atoms with Crippen molar-refractivity contribution in [1.29, 1.82) is 0 Å². The highest BCUT2D eigenvalue weighted by atomic mass is 16.1. The average molecular weight is 315 g/mol. The van der Waals surface area contributed by atoms with Gasteiger partial charge in [0.15, 0.2) is 11.4 Å². The number of carbonyl (C=O) groups is 1. The molecule has 3 heterocycles. The molecule has 4 rings (SSSR count). The molecule has 3 aromatic heterocycles. The Balaban J connectivity index is 1.72. The molecule has 0 bridgehead atoms. The Morgan fingerprint density at radius 2 is 2.04 bits per heavy atom. The van der Waals surface area contributed by atoms with Gasteiger partial charge in [-0.1, -0.05) is 25.7 Å². The van der Waals surface area contributed by atoms with Gasteiger partial charge < -0.3 is 4.40 Å². The molecule has 0 N–H and O–H groups in total. The first-order valence-electron chi connectivity index (χ1n) is 7.98. The number of hydrogen-bond acceptors (Lipinski definition) is 3. The van der Waals surface area contributed by atoms with E-state index in [2.05, 4.69) is 35.7 Å². The molecule has 1 aliphatic rings. The third-order valence-corrected chi connectivity index (χ3v) is 4.32. The number of fused-ring (bicyclic) bond motifs is 2. The predicted molar refractivity (Wildman–Crippen MR) is 91.8 cm³/mol. The molecule has 0 atom stereocenters. The van der Waals surface area contributed by atoms with Crippen molar-refractivity contribution in [3.05, 3.63) is 65.4 Å². The van der Waals surface area contributed by atoms with Crippen molar-refractivity contribution in [2.45, 2.75) is 26.7 Å². The maximum absolute atomic E-state index is 12.4. The largest absolute Gasteiger partial charge is 0.306 e. The molecule has 0 radical (unpaired) electrons. The van der Waals surface area contributed by atoms with Gasteiger partial charge in [-0.2, -0.15) is 0 Å². The van der Waals surface area contributed by atoms with E-state index in [1.54, 1.807) is 12.4 Å². The number of Topliss-reactive ketones (excluding diaryl/α,β-unsaturated/α-hetero) is 1. The summed E-state index contributed by atoms with van der Waals surface area (Å²) in [4.78, 5) is 21.2. The zero-order valence-electron chi connectivity index (χ0n) is 13.7. The first-order valence-corrected chi connectivity index (χ1v) is 7.98. The monoisotopic (exact) mass is 315 g/mol. The molecule has 0 spiro atoms. The number of carbonyl (C=O) groups excluding carboxylic acids is 1. The number of ketones is 1. The highest BCUT2D eigenvalue weighted by Crippen LogP contribution is 2.33. The molecule has 0 aromatic carbocycles. The molecule has 1 aliphatic carbocycles. The second-order valence-corrected chi connectivity index (χ2v) is 6.99. The van der Waals surface area contributed by atoms with Crippen LogP contribution in [0.1, 0.15) is 47.4 Å². The topological polar surface area (TPSA) is 47.3 Å². The summed E-state index contributed by atoms with van der Waals surface area (Å²) in [5.74, 6) is 6.42. The summed E-state index contributed by atoms with van der Waals surface area (Å²) in [6.45, 7) is 4.21. The normalized spacial score (nSPS) is 15.7. The first kappa shape index (κ1) is 14.6. The lowest BCUT2D eigenvalue weighted by Gasteiger charge is -2.29. The summed E-state index contributed by atoms with van der Waals surface area (Å²) in [6.07, 6.45) is 8.73. The second-order valence-electron chi connectivity index (χ2n) is 6.99. The van der Waals surface area contributed by atoms with Crippen molar-refractivity contribution < 1.29 is 4.79 Å². The van der Waals surface area contributed by atoms with Gasteiger partial charge in [0.25, 0.3) is 0 Å². The maximum Gasteiger partial charge on any atom is 0.165 e. The number of aromatic nitrogens is 3. The van der Waals surface area contributed by atoms with Crippen LogP contribution in [0.3, 0.4) is 0 Å². The second kappa shape index (κ2) is 5.31. The van der Waals surface area contributed by atoms with Crippen LogP contribution < -0.4 is 0 Å². The van der Waals surface area contributed by atoms with E-state index < -0.39 is 0 Å². The van der Waals surface area contributed by atoms with E-state index >= 15 is 0 Å². The standard InChI is InChI=1S/C20H17N3O/c1-20(2)11-17-16(18(24)12-20)10-14(13-22-17)5-6-15-4-3-8-23-9-7-21-19(15)23/h3-4,7-10,13H,11-12H2,1-2H3. The number of rotatable bonds is 0. The van der Waals surface area contributed by atoms with Crippen LogP contribution in [0.5, 0.6) is 0 Å². The molecule has 118 valence electrons. The molecule has 4 heteroatoms. The number of nitrogens with zero attached hydrogens (tertiary/aromatic N) is 3. The van der Waals surface area contributed by atoms with Gasteiger partial charge in [-0.05, 0) is 30.0 Å². The first-order chi connectivity index (χ1) is 11.5. The summed E-state index contributed by atoms with van der Waals surface area (Å²) in [7, 11) is 0. The molecular weight excluding hydrogens is 298 g/mol. The fourth-order valence-electron chi connectivity index (χ4n) is 3.17. The van der Waals surface area contributed by atoms with E-state index in [0.717, 1.165) is 34.5 Å². The maximum atomic E-state index is 12.4. The Bertz CT molecular complexity index is 1020. The van der Waals surface area contributed by atoms with Gasteiger partial charge in [-0.3, -0.25) is 9.78 Å². The van der Waals surface area contributed by atoms with Crippen LogP contribution >= 0.6 is 0 Å². The van der Waals surface area contributed by atoms with E-state index in [1.165, 1.54) is 0 Å². The predicted octanol–water partition coefficient (Wildman–Crippen LogP) is 3.28. The van der Waals surface area contributed by atoms with E-state index in [0.29, 0.717) is 6.42 Å². The van der Waals surface area contributed by atoms with Gasteiger partial charge >= 0.3 is 0 Å². The van der Waals surface area contributed by atoms with Crippen molar-refractivity contribution in [2.75, 3.05) is 0 Å². The highest BCUT2D eigenvalue weighted by Gasteiger charge is 2.31. The van der Waals surface area contributed by atoms with Crippen molar-refractivity contribution in [1.82, 2.24) is 14.4 Å². The minimum Gasteiger partial charge on any atom is -0.306 e. The SMILES string of the molecule is CC1(C)CC(=O)c2cc(C#Cc3cccn4ccnc34)cnc2C1. The molecule has 0 saturated heterocycles. The van der Waals surface area contributed by atoms with Crippen LogP contribution in [-0.4, -0.2) is 20.2 Å². The highest BCUT2D eigenvalue weighted by molar-refractivity contribution is 5.98. The van der Waals surface area contributed by atoms with Gasteiger partial charge in [-0.25, -0.2) is 4.98 Å². The van der Waals surface area contributed by atoms with Crippen LogP contribution in [0.15, 0.2) is 43.0 Å². The van der Waals surface area contributed by atoms with Crippen LogP contribution in [0, 0.1) is 17.3 Å². The lowest BCUT2D eigenvalue weighted by molar-refractivity contribution is 0.0910. The molecular formula is C20H17N3O. The van der Waals surface area contributed by atoms with Gasteiger partial charge in [0.1, 0.15) is 0 Å². The molecule has 24 heavy (non-hydrogen) atoms. The number of imidazole rings is 1. The Labute approximate surface area is 140 Å². The fraction of sp³-hybridized carbons (Fsp3) is 0.250. The van der Waals surface area contributed by atoms with Crippen LogP contribution in [0.4, 0.5) is 0 Å². The van der Waals surface area contributed by atoms with Gasteiger partial charge in [0, 0.05) is 42.3 Å². The van der Waals surface area contributed by atoms with E-state index in [9.17, 15) is 4.79 Å². The molecule has 4 nitrogen and oxygen atoms in total. The number of hydrogen-bond donors (Lipinski definition) is 0. The van der Waals surface area contributed by atoms with Gasteiger partial charge in [0.05, 0.1) is 11.3 Å². The summed E-state index contributed by atoms with van der Waals surface area (Å²) in [6, 6.07) is 5.75. The van der Waals surface area contributed by atoms with E-state index in [4.69, 9.17) is 0 Å². The van der Waals surface area contributed by atoms with E-state index in [-0.39, 0.29) is 11.2 Å². The van der Waals surface area contributed by atoms with Gasteiger partial charge in [-0.15, -0.1) is 0 Å². The third kappa shape index (κ3) is 2.59. The molecule has 0 amide bonds. The van der Waals surface area contributed by atoms with Crippen LogP contribution in [0.2, 0.25) is 0 Å². The molecule has 0 saturated carbocycles. The zero-order valence-corrected chi connectivity index (χ0v) is 13.7. The lowest BCUT2D eigenvalue weighted by Crippen LogP contribution is -2.27. The minimum atomic E-state index is -0.0133. The zero-order chi connectivity index (χ0) is 16.7. The summed E-state index contributed by atoms with van der Waals surface area (Å²) < 4.78 is 1.93. The molecule has 0 aliphatic heterocycles.